The van der Waals surface area contributed by atoms with Gasteiger partial charge in [-0.2, -0.15) is 0 Å². The van der Waals surface area contributed by atoms with Gasteiger partial charge in [0.15, 0.2) is 0 Å². The van der Waals surface area contributed by atoms with Crippen LogP contribution in [0, 0.1) is 0 Å². The second-order valence-electron chi connectivity index (χ2n) is 6.65. The fraction of sp³-hybridized carbons (Fsp3) is 0.895. The molecule has 1 fully saturated rings. The largest absolute Gasteiger partial charge is 0.393 e. The highest BCUT2D eigenvalue weighted by Gasteiger charge is 2.09. The molecule has 0 saturated carbocycles. The lowest BCUT2D eigenvalue weighted by Crippen LogP contribution is -2.11. The van der Waals surface area contributed by atoms with E-state index in [0.29, 0.717) is 12.8 Å². The quantitative estimate of drug-likeness (QED) is 0.425. The molecule has 1 saturated heterocycles. The molecule has 0 aliphatic carbocycles. The van der Waals surface area contributed by atoms with Gasteiger partial charge in [-0.05, 0) is 12.8 Å². The van der Waals surface area contributed by atoms with E-state index in [-0.39, 0.29) is 11.9 Å². The van der Waals surface area contributed by atoms with Gasteiger partial charge in [0.1, 0.15) is 0 Å². The van der Waals surface area contributed by atoms with E-state index in [9.17, 15) is 9.59 Å². The molecular formula is C19H34O3. The van der Waals surface area contributed by atoms with Gasteiger partial charge < -0.3 is 4.74 Å². The van der Waals surface area contributed by atoms with Crippen molar-refractivity contribution in [1.29, 1.82) is 0 Å². The topological polar surface area (TPSA) is 43.4 Å². The third-order valence-electron chi connectivity index (χ3n) is 4.49. The van der Waals surface area contributed by atoms with E-state index in [1.807, 2.05) is 0 Å². The maximum Gasteiger partial charge on any atom is 0.313 e. The summed E-state index contributed by atoms with van der Waals surface area (Å²) in [4.78, 5) is 23.1. The summed E-state index contributed by atoms with van der Waals surface area (Å²) in [6.45, 7) is 0. The number of hydrogen-bond donors (Lipinski definition) is 0. The molecule has 0 unspecified atom stereocenters. The summed E-state index contributed by atoms with van der Waals surface area (Å²) in [6, 6.07) is 0. The number of hydrogen-bond acceptors (Lipinski definition) is 3. The van der Waals surface area contributed by atoms with E-state index in [4.69, 9.17) is 4.74 Å². The van der Waals surface area contributed by atoms with Crippen molar-refractivity contribution in [2.75, 3.05) is 0 Å². The zero-order chi connectivity index (χ0) is 15.9. The van der Waals surface area contributed by atoms with Crippen molar-refractivity contribution >= 4 is 11.9 Å². The Bertz CT molecular complexity index is 271. The molecule has 0 radical (unpaired) electrons. The predicted octanol–water partition coefficient (Wildman–Crippen LogP) is 5.70. The summed E-state index contributed by atoms with van der Waals surface area (Å²) in [7, 11) is 0. The number of ether oxygens (including phenoxy) is 1. The lowest BCUT2D eigenvalue weighted by molar-refractivity contribution is -0.159. The van der Waals surface area contributed by atoms with E-state index in [1.165, 1.54) is 70.6 Å². The second kappa shape index (κ2) is 13.8. The van der Waals surface area contributed by atoms with E-state index in [0.717, 1.165) is 25.7 Å². The van der Waals surface area contributed by atoms with Gasteiger partial charge in [0.05, 0.1) is 0 Å². The first-order valence-electron chi connectivity index (χ1n) is 9.52. The minimum Gasteiger partial charge on any atom is -0.393 e. The molecule has 0 atom stereocenters. The van der Waals surface area contributed by atoms with Crippen LogP contribution >= 0.6 is 0 Å². The van der Waals surface area contributed by atoms with Crippen molar-refractivity contribution in [3.63, 3.8) is 0 Å². The summed E-state index contributed by atoms with van der Waals surface area (Å²) in [5, 5.41) is 0. The van der Waals surface area contributed by atoms with Crippen LogP contribution in [0.4, 0.5) is 0 Å². The molecule has 128 valence electrons. The lowest BCUT2D eigenvalue weighted by atomic mass is 10.0. The molecule has 22 heavy (non-hydrogen) atoms. The molecule has 1 rings (SSSR count). The van der Waals surface area contributed by atoms with Gasteiger partial charge in [0.25, 0.3) is 0 Å². The van der Waals surface area contributed by atoms with Crippen molar-refractivity contribution in [2.24, 2.45) is 0 Å². The number of carbonyl (C=O) groups is 2. The lowest BCUT2D eigenvalue weighted by Gasteiger charge is -2.05. The minimum atomic E-state index is -0.334. The monoisotopic (exact) mass is 310 g/mol. The molecule has 0 bridgehead atoms. The third kappa shape index (κ3) is 11.8. The van der Waals surface area contributed by atoms with Gasteiger partial charge in [-0.25, -0.2) is 0 Å². The van der Waals surface area contributed by atoms with Gasteiger partial charge in [0.2, 0.25) is 0 Å². The van der Waals surface area contributed by atoms with Crippen molar-refractivity contribution in [3.8, 4) is 0 Å². The zero-order valence-corrected chi connectivity index (χ0v) is 14.2. The summed E-state index contributed by atoms with van der Waals surface area (Å²) >= 11 is 0. The van der Waals surface area contributed by atoms with Crippen molar-refractivity contribution in [2.45, 2.75) is 109 Å². The molecule has 3 nitrogen and oxygen atoms in total. The molecule has 0 amide bonds. The van der Waals surface area contributed by atoms with Crippen LogP contribution in [0.1, 0.15) is 109 Å². The van der Waals surface area contributed by atoms with Crippen molar-refractivity contribution in [1.82, 2.24) is 0 Å². The second-order valence-corrected chi connectivity index (χ2v) is 6.65. The van der Waals surface area contributed by atoms with E-state index >= 15 is 0 Å². The van der Waals surface area contributed by atoms with Crippen LogP contribution < -0.4 is 0 Å². The average Bonchev–Trinajstić information content (AvgIpc) is 2.49. The first-order valence-corrected chi connectivity index (χ1v) is 9.52. The highest BCUT2D eigenvalue weighted by Crippen LogP contribution is 2.14. The van der Waals surface area contributed by atoms with Gasteiger partial charge in [-0.3, -0.25) is 9.59 Å². The number of rotatable bonds is 0. The average molecular weight is 310 g/mol. The summed E-state index contributed by atoms with van der Waals surface area (Å²) in [5.41, 5.74) is 0. The number of esters is 2. The Morgan fingerprint density at radius 2 is 0.636 bits per heavy atom. The van der Waals surface area contributed by atoms with Gasteiger partial charge in [-0.15, -0.1) is 0 Å². The predicted molar refractivity (Wildman–Crippen MR) is 89.6 cm³/mol. The van der Waals surface area contributed by atoms with Gasteiger partial charge in [0, 0.05) is 12.8 Å². The Kier molecular flexibility index (Phi) is 12.0. The minimum absolute atomic E-state index is 0.334. The fourth-order valence-electron chi connectivity index (χ4n) is 3.07. The maximum absolute atomic E-state index is 11.5. The van der Waals surface area contributed by atoms with Crippen LogP contribution in [0.2, 0.25) is 0 Å². The van der Waals surface area contributed by atoms with Crippen LogP contribution in [-0.4, -0.2) is 11.9 Å². The van der Waals surface area contributed by atoms with Crippen LogP contribution in [0.15, 0.2) is 0 Å². The molecular weight excluding hydrogens is 276 g/mol. The molecule has 1 aliphatic rings. The molecule has 1 heterocycles. The Morgan fingerprint density at radius 1 is 0.409 bits per heavy atom. The first kappa shape index (κ1) is 19.2. The van der Waals surface area contributed by atoms with Crippen LogP contribution in [0.5, 0.6) is 0 Å². The molecule has 0 aromatic carbocycles. The van der Waals surface area contributed by atoms with Crippen molar-refractivity contribution in [3.05, 3.63) is 0 Å². The van der Waals surface area contributed by atoms with E-state index in [2.05, 4.69) is 0 Å². The zero-order valence-electron chi connectivity index (χ0n) is 14.2. The van der Waals surface area contributed by atoms with Crippen LogP contribution in [0.25, 0.3) is 0 Å². The van der Waals surface area contributed by atoms with E-state index in [1.54, 1.807) is 0 Å². The summed E-state index contributed by atoms with van der Waals surface area (Å²) in [5.74, 6) is -0.668. The highest BCUT2D eigenvalue weighted by atomic mass is 16.6. The van der Waals surface area contributed by atoms with E-state index < -0.39 is 0 Å². The molecule has 3 heteroatoms. The Labute approximate surface area is 136 Å². The third-order valence-corrected chi connectivity index (χ3v) is 4.49. The molecule has 0 aromatic heterocycles. The smallest absolute Gasteiger partial charge is 0.313 e. The Balaban J connectivity index is 2.19. The molecule has 0 spiro atoms. The Morgan fingerprint density at radius 3 is 0.909 bits per heavy atom. The number of carbonyl (C=O) groups excluding carboxylic acids is 2. The summed E-state index contributed by atoms with van der Waals surface area (Å²) < 4.78 is 4.85. The maximum atomic E-state index is 11.5. The summed E-state index contributed by atoms with van der Waals surface area (Å²) in [6.07, 6.45) is 19.1. The fourth-order valence-corrected chi connectivity index (χ4v) is 3.07. The molecule has 0 N–H and O–H groups in total. The molecule has 0 aromatic rings. The first-order chi connectivity index (χ1) is 10.8. The van der Waals surface area contributed by atoms with Crippen molar-refractivity contribution < 1.29 is 14.3 Å². The number of cyclic esters (lactones) is 2. The normalized spacial score (nSPS) is 22.7. The Hall–Kier alpha value is -0.860. The van der Waals surface area contributed by atoms with Crippen LogP contribution in [0.3, 0.4) is 0 Å². The van der Waals surface area contributed by atoms with Gasteiger partial charge in [-0.1, -0.05) is 83.5 Å². The highest BCUT2D eigenvalue weighted by molar-refractivity contribution is 5.85. The molecule has 1 aliphatic heterocycles. The standard InChI is InChI=1S/C19H34O3/c20-18-16-14-12-10-8-6-4-2-1-3-5-7-9-11-13-15-17-19(21)22-18/h1-17H2. The van der Waals surface area contributed by atoms with Gasteiger partial charge >= 0.3 is 11.9 Å². The SMILES string of the molecule is O=C1CCCCCCCCCCCCCCCCCC(=O)O1. The van der Waals surface area contributed by atoms with Crippen LogP contribution in [-0.2, 0) is 14.3 Å².